The highest BCUT2D eigenvalue weighted by molar-refractivity contribution is 5.85. The topological polar surface area (TPSA) is 56.6 Å². The number of nitrogens with zero attached hydrogens (tertiary/aromatic N) is 3. The van der Waals surface area contributed by atoms with Crippen LogP contribution in [0.4, 0.5) is 0 Å². The van der Waals surface area contributed by atoms with Crippen molar-refractivity contribution in [2.75, 3.05) is 45.9 Å². The standard InChI is InChI=1S/C21H25N3O2/c22-8-3-9-24(11-10-23-12-14-26-15-13-23)21(25)17-18-6-7-19-4-1-2-5-20(19)16-18/h1-2,4-7,16H,3,9-15,17H2. The molecule has 0 unspecified atom stereocenters. The van der Waals surface area contributed by atoms with Gasteiger partial charge in [-0.2, -0.15) is 5.26 Å². The van der Waals surface area contributed by atoms with Crippen LogP contribution < -0.4 is 0 Å². The average Bonchev–Trinajstić information content (AvgIpc) is 2.68. The predicted octanol–water partition coefficient (Wildman–Crippen LogP) is 2.46. The Morgan fingerprint density at radius 3 is 2.65 bits per heavy atom. The Morgan fingerprint density at radius 2 is 1.88 bits per heavy atom. The van der Waals surface area contributed by atoms with Crippen LogP contribution in [0.1, 0.15) is 12.0 Å². The van der Waals surface area contributed by atoms with Gasteiger partial charge in [-0.05, 0) is 16.3 Å². The summed E-state index contributed by atoms with van der Waals surface area (Å²) < 4.78 is 5.37. The van der Waals surface area contributed by atoms with Gasteiger partial charge in [0.1, 0.15) is 0 Å². The van der Waals surface area contributed by atoms with Crippen molar-refractivity contribution in [3.05, 3.63) is 48.0 Å². The van der Waals surface area contributed by atoms with Gasteiger partial charge in [-0.3, -0.25) is 9.69 Å². The van der Waals surface area contributed by atoms with Crippen molar-refractivity contribution in [1.29, 1.82) is 5.26 Å². The number of fused-ring (bicyclic) bond motifs is 1. The van der Waals surface area contributed by atoms with Gasteiger partial charge < -0.3 is 9.64 Å². The van der Waals surface area contributed by atoms with E-state index in [-0.39, 0.29) is 5.91 Å². The fourth-order valence-electron chi connectivity index (χ4n) is 3.27. The summed E-state index contributed by atoms with van der Waals surface area (Å²) in [6.07, 6.45) is 0.742. The smallest absolute Gasteiger partial charge is 0.227 e. The van der Waals surface area contributed by atoms with Crippen LogP contribution in [0.5, 0.6) is 0 Å². The number of carbonyl (C=O) groups excluding carboxylic acids is 1. The van der Waals surface area contributed by atoms with Gasteiger partial charge >= 0.3 is 0 Å². The van der Waals surface area contributed by atoms with Crippen LogP contribution in [0, 0.1) is 11.3 Å². The van der Waals surface area contributed by atoms with Gasteiger partial charge in [0.15, 0.2) is 0 Å². The van der Waals surface area contributed by atoms with E-state index in [1.165, 1.54) is 5.39 Å². The van der Waals surface area contributed by atoms with E-state index in [9.17, 15) is 4.79 Å². The van der Waals surface area contributed by atoms with E-state index in [0.29, 0.717) is 25.9 Å². The summed E-state index contributed by atoms with van der Waals surface area (Å²) in [6.45, 7) is 5.31. The first-order valence-corrected chi connectivity index (χ1v) is 9.19. The number of rotatable bonds is 7. The minimum atomic E-state index is 0.0868. The lowest BCUT2D eigenvalue weighted by atomic mass is 10.0. The average molecular weight is 351 g/mol. The number of benzene rings is 2. The second-order valence-electron chi connectivity index (χ2n) is 6.60. The van der Waals surface area contributed by atoms with Crippen molar-refractivity contribution >= 4 is 16.7 Å². The first-order valence-electron chi connectivity index (χ1n) is 9.19. The Bertz CT molecular complexity index is 778. The van der Waals surface area contributed by atoms with Crippen LogP contribution in [0.25, 0.3) is 10.8 Å². The Labute approximate surface area is 154 Å². The highest BCUT2D eigenvalue weighted by Gasteiger charge is 2.17. The van der Waals surface area contributed by atoms with Crippen molar-refractivity contribution in [2.24, 2.45) is 0 Å². The van der Waals surface area contributed by atoms with Gasteiger partial charge in [-0.25, -0.2) is 0 Å². The molecular weight excluding hydrogens is 326 g/mol. The fraction of sp³-hybridized carbons (Fsp3) is 0.429. The van der Waals surface area contributed by atoms with Gasteiger partial charge in [0, 0.05) is 32.7 Å². The molecule has 1 heterocycles. The molecule has 3 rings (SSSR count). The molecule has 0 atom stereocenters. The summed E-state index contributed by atoms with van der Waals surface area (Å²) in [6, 6.07) is 16.5. The third-order valence-electron chi connectivity index (χ3n) is 4.81. The molecule has 136 valence electrons. The van der Waals surface area contributed by atoms with Crippen molar-refractivity contribution in [3.63, 3.8) is 0 Å². The molecule has 1 aliphatic rings. The minimum Gasteiger partial charge on any atom is -0.379 e. The van der Waals surface area contributed by atoms with Crippen molar-refractivity contribution in [2.45, 2.75) is 12.8 Å². The number of ether oxygens (including phenoxy) is 1. The van der Waals surface area contributed by atoms with Crippen LogP contribution in [0.3, 0.4) is 0 Å². The Balaban J connectivity index is 1.62. The lowest BCUT2D eigenvalue weighted by Crippen LogP contribution is -2.43. The maximum atomic E-state index is 12.8. The normalized spacial score (nSPS) is 14.9. The van der Waals surface area contributed by atoms with E-state index in [2.05, 4.69) is 35.2 Å². The second-order valence-corrected chi connectivity index (χ2v) is 6.60. The SMILES string of the molecule is N#CCCN(CCN1CCOCC1)C(=O)Cc1ccc2ccccc2c1. The lowest BCUT2D eigenvalue weighted by molar-refractivity contribution is -0.130. The number of carbonyl (C=O) groups is 1. The molecule has 0 aromatic heterocycles. The van der Waals surface area contributed by atoms with E-state index < -0.39 is 0 Å². The predicted molar refractivity (Wildman–Crippen MR) is 102 cm³/mol. The summed E-state index contributed by atoms with van der Waals surface area (Å²) in [7, 11) is 0. The van der Waals surface area contributed by atoms with Crippen LogP contribution in [0.15, 0.2) is 42.5 Å². The zero-order chi connectivity index (χ0) is 18.2. The Morgan fingerprint density at radius 1 is 1.12 bits per heavy atom. The van der Waals surface area contributed by atoms with Gasteiger partial charge in [0.25, 0.3) is 0 Å². The zero-order valence-electron chi connectivity index (χ0n) is 15.1. The molecule has 1 amide bonds. The Hall–Kier alpha value is -2.42. The third kappa shape index (κ3) is 5.04. The molecule has 0 aliphatic carbocycles. The van der Waals surface area contributed by atoms with E-state index in [1.807, 2.05) is 23.1 Å². The number of amides is 1. The molecule has 0 radical (unpaired) electrons. The molecular formula is C21H25N3O2. The van der Waals surface area contributed by atoms with Gasteiger partial charge in [-0.15, -0.1) is 0 Å². The van der Waals surface area contributed by atoms with E-state index in [1.54, 1.807) is 0 Å². The molecule has 0 bridgehead atoms. The highest BCUT2D eigenvalue weighted by atomic mass is 16.5. The maximum Gasteiger partial charge on any atom is 0.227 e. The minimum absolute atomic E-state index is 0.0868. The summed E-state index contributed by atoms with van der Waals surface area (Å²) in [4.78, 5) is 16.9. The number of hydrogen-bond donors (Lipinski definition) is 0. The molecule has 2 aromatic carbocycles. The first kappa shape index (κ1) is 18.4. The van der Waals surface area contributed by atoms with Crippen LogP contribution in [-0.4, -0.2) is 61.6 Å². The maximum absolute atomic E-state index is 12.8. The van der Waals surface area contributed by atoms with Crippen molar-refractivity contribution in [3.8, 4) is 6.07 Å². The second kappa shape index (κ2) is 9.33. The molecule has 1 saturated heterocycles. The van der Waals surface area contributed by atoms with E-state index in [0.717, 1.165) is 43.8 Å². The van der Waals surface area contributed by atoms with Crippen molar-refractivity contribution < 1.29 is 9.53 Å². The zero-order valence-corrected chi connectivity index (χ0v) is 15.1. The molecule has 2 aromatic rings. The summed E-state index contributed by atoms with van der Waals surface area (Å²) in [5, 5.41) is 11.2. The highest BCUT2D eigenvalue weighted by Crippen LogP contribution is 2.16. The van der Waals surface area contributed by atoms with Gasteiger partial charge in [-0.1, -0.05) is 42.5 Å². The number of hydrogen-bond acceptors (Lipinski definition) is 4. The molecule has 5 heteroatoms. The molecule has 5 nitrogen and oxygen atoms in total. The largest absolute Gasteiger partial charge is 0.379 e. The van der Waals surface area contributed by atoms with Crippen LogP contribution >= 0.6 is 0 Å². The monoisotopic (exact) mass is 351 g/mol. The molecule has 26 heavy (non-hydrogen) atoms. The van der Waals surface area contributed by atoms with Gasteiger partial charge in [0.05, 0.1) is 32.1 Å². The third-order valence-corrected chi connectivity index (χ3v) is 4.81. The Kier molecular flexibility index (Phi) is 6.59. The van der Waals surface area contributed by atoms with E-state index >= 15 is 0 Å². The van der Waals surface area contributed by atoms with E-state index in [4.69, 9.17) is 10.00 Å². The lowest BCUT2D eigenvalue weighted by Gasteiger charge is -2.30. The summed E-state index contributed by atoms with van der Waals surface area (Å²) in [5.41, 5.74) is 1.02. The molecule has 1 aliphatic heterocycles. The quantitative estimate of drug-likeness (QED) is 0.769. The fourth-order valence-corrected chi connectivity index (χ4v) is 3.27. The molecule has 0 spiro atoms. The van der Waals surface area contributed by atoms with Crippen LogP contribution in [-0.2, 0) is 16.0 Å². The summed E-state index contributed by atoms with van der Waals surface area (Å²) >= 11 is 0. The van der Waals surface area contributed by atoms with Crippen LogP contribution in [0.2, 0.25) is 0 Å². The first-order chi connectivity index (χ1) is 12.8. The molecule has 1 fully saturated rings. The summed E-state index contributed by atoms with van der Waals surface area (Å²) in [5.74, 6) is 0.0868. The van der Waals surface area contributed by atoms with Crippen molar-refractivity contribution in [1.82, 2.24) is 9.80 Å². The molecule has 0 N–H and O–H groups in total. The van der Waals surface area contributed by atoms with Gasteiger partial charge in [0.2, 0.25) is 5.91 Å². The number of morpholine rings is 1. The molecule has 0 saturated carbocycles. The number of nitriles is 1.